The van der Waals surface area contributed by atoms with Gasteiger partial charge in [-0.15, -0.1) is 0 Å². The quantitative estimate of drug-likeness (QED) is 0.741. The number of hydrogen-bond acceptors (Lipinski definition) is 5. The van der Waals surface area contributed by atoms with Crippen molar-refractivity contribution in [2.75, 3.05) is 0 Å². The summed E-state index contributed by atoms with van der Waals surface area (Å²) in [5.41, 5.74) is 2.21. The molecule has 7 nitrogen and oxygen atoms in total. The second-order valence-electron chi connectivity index (χ2n) is 7.53. The molecule has 7 heteroatoms. The Morgan fingerprint density at radius 2 is 1.67 bits per heavy atom. The van der Waals surface area contributed by atoms with E-state index in [1.165, 1.54) is 0 Å². The molecule has 0 saturated carbocycles. The summed E-state index contributed by atoms with van der Waals surface area (Å²) in [6.07, 6.45) is 1.34. The fourth-order valence-corrected chi connectivity index (χ4v) is 3.87. The number of fused-ring (bicyclic) bond motifs is 1. The van der Waals surface area contributed by atoms with E-state index in [9.17, 15) is 24.0 Å². The van der Waals surface area contributed by atoms with Gasteiger partial charge in [-0.2, -0.15) is 0 Å². The van der Waals surface area contributed by atoms with Crippen LogP contribution in [0.2, 0.25) is 0 Å². The zero-order valence-corrected chi connectivity index (χ0v) is 16.2. The SMILES string of the molecule is O=C(CCc1ccc2c(c1)C(=O)N(C1CCC(=O)NC1=O)C2=O)Cc1ccccc1. The average molecular weight is 404 g/mol. The highest BCUT2D eigenvalue weighted by Crippen LogP contribution is 2.28. The molecule has 2 heterocycles. The molecule has 0 aliphatic carbocycles. The molecule has 1 saturated heterocycles. The average Bonchev–Trinajstić information content (AvgIpc) is 2.97. The molecule has 0 spiro atoms. The number of Topliss-reactive ketones (excluding diaryl/α,β-unsaturated/α-hetero) is 1. The maximum absolute atomic E-state index is 12.8. The monoisotopic (exact) mass is 404 g/mol. The van der Waals surface area contributed by atoms with E-state index in [0.717, 1.165) is 16.0 Å². The summed E-state index contributed by atoms with van der Waals surface area (Å²) < 4.78 is 0. The molecular weight excluding hydrogens is 384 g/mol. The summed E-state index contributed by atoms with van der Waals surface area (Å²) in [6.45, 7) is 0. The summed E-state index contributed by atoms with van der Waals surface area (Å²) in [7, 11) is 0. The summed E-state index contributed by atoms with van der Waals surface area (Å²) in [5.74, 6) is -2.02. The molecule has 2 aromatic rings. The van der Waals surface area contributed by atoms with E-state index in [1.54, 1.807) is 18.2 Å². The Hall–Kier alpha value is -3.61. The van der Waals surface area contributed by atoms with Gasteiger partial charge in [-0.1, -0.05) is 36.4 Å². The van der Waals surface area contributed by atoms with Crippen molar-refractivity contribution in [3.8, 4) is 0 Å². The molecule has 4 amide bonds. The molecule has 0 radical (unpaired) electrons. The van der Waals surface area contributed by atoms with Gasteiger partial charge in [0, 0.05) is 19.3 Å². The largest absolute Gasteiger partial charge is 0.299 e. The van der Waals surface area contributed by atoms with Gasteiger partial charge in [-0.3, -0.25) is 34.2 Å². The van der Waals surface area contributed by atoms with Gasteiger partial charge >= 0.3 is 0 Å². The van der Waals surface area contributed by atoms with E-state index >= 15 is 0 Å². The van der Waals surface area contributed by atoms with E-state index in [2.05, 4.69) is 5.32 Å². The van der Waals surface area contributed by atoms with Crippen molar-refractivity contribution in [3.05, 3.63) is 70.8 Å². The number of carbonyl (C=O) groups excluding carboxylic acids is 5. The van der Waals surface area contributed by atoms with Gasteiger partial charge in [0.05, 0.1) is 11.1 Å². The van der Waals surface area contributed by atoms with Gasteiger partial charge in [-0.25, -0.2) is 0 Å². The number of amides is 4. The number of imide groups is 2. The van der Waals surface area contributed by atoms with Crippen molar-refractivity contribution in [1.29, 1.82) is 0 Å². The number of benzene rings is 2. The standard InChI is InChI=1S/C23H20N2O5/c26-16(12-14-4-2-1-3-5-14)8-6-15-7-9-17-18(13-15)23(30)25(22(17)29)19-10-11-20(27)24-21(19)28/h1-5,7,9,13,19H,6,8,10-12H2,(H,24,27,28). The van der Waals surface area contributed by atoms with Crippen LogP contribution >= 0.6 is 0 Å². The van der Waals surface area contributed by atoms with Crippen LogP contribution in [0, 0.1) is 0 Å². The Morgan fingerprint density at radius 1 is 0.933 bits per heavy atom. The summed E-state index contributed by atoms with van der Waals surface area (Å²) in [6, 6.07) is 13.4. The molecule has 1 N–H and O–H groups in total. The lowest BCUT2D eigenvalue weighted by Crippen LogP contribution is -2.54. The molecule has 0 bridgehead atoms. The Kier molecular flexibility index (Phi) is 5.27. The number of nitrogens with one attached hydrogen (secondary N) is 1. The summed E-state index contributed by atoms with van der Waals surface area (Å²) in [4.78, 5) is 62.2. The predicted octanol–water partition coefficient (Wildman–Crippen LogP) is 1.83. The van der Waals surface area contributed by atoms with Crippen LogP contribution in [0.3, 0.4) is 0 Å². The Labute approximate surface area is 173 Å². The first-order valence-corrected chi connectivity index (χ1v) is 9.84. The smallest absolute Gasteiger partial charge is 0.262 e. The maximum atomic E-state index is 12.8. The van der Waals surface area contributed by atoms with Crippen molar-refractivity contribution >= 4 is 29.4 Å². The second-order valence-corrected chi connectivity index (χ2v) is 7.53. The minimum Gasteiger partial charge on any atom is -0.299 e. The van der Waals surface area contributed by atoms with Gasteiger partial charge in [0.25, 0.3) is 11.8 Å². The molecular formula is C23H20N2O5. The number of hydrogen-bond donors (Lipinski definition) is 1. The third-order valence-electron chi connectivity index (χ3n) is 5.44. The van der Waals surface area contributed by atoms with Crippen LogP contribution in [0.1, 0.15) is 51.1 Å². The van der Waals surface area contributed by atoms with Crippen molar-refractivity contribution in [1.82, 2.24) is 10.2 Å². The molecule has 30 heavy (non-hydrogen) atoms. The Balaban J connectivity index is 1.45. The first kappa shape index (κ1) is 19.7. The van der Waals surface area contributed by atoms with Crippen LogP contribution < -0.4 is 5.32 Å². The fourth-order valence-electron chi connectivity index (χ4n) is 3.87. The summed E-state index contributed by atoms with van der Waals surface area (Å²) >= 11 is 0. The third-order valence-corrected chi connectivity index (χ3v) is 5.44. The Morgan fingerprint density at radius 3 is 2.40 bits per heavy atom. The number of carbonyl (C=O) groups is 5. The third kappa shape index (κ3) is 3.78. The summed E-state index contributed by atoms with van der Waals surface area (Å²) in [5, 5.41) is 2.18. The number of piperidine rings is 1. The van der Waals surface area contributed by atoms with Crippen LogP contribution in [0.5, 0.6) is 0 Å². The van der Waals surface area contributed by atoms with E-state index in [1.807, 2.05) is 30.3 Å². The van der Waals surface area contributed by atoms with E-state index < -0.39 is 29.7 Å². The van der Waals surface area contributed by atoms with Gasteiger partial charge < -0.3 is 0 Å². The zero-order valence-electron chi connectivity index (χ0n) is 16.2. The zero-order chi connectivity index (χ0) is 21.3. The highest BCUT2D eigenvalue weighted by Gasteiger charge is 2.44. The number of ketones is 1. The predicted molar refractivity (Wildman–Crippen MR) is 107 cm³/mol. The van der Waals surface area contributed by atoms with Crippen LogP contribution in [0.15, 0.2) is 48.5 Å². The van der Waals surface area contributed by atoms with Crippen molar-refractivity contribution in [2.45, 2.75) is 38.1 Å². The minimum atomic E-state index is -0.981. The van der Waals surface area contributed by atoms with Crippen LogP contribution in [-0.2, 0) is 27.2 Å². The minimum absolute atomic E-state index is 0.0819. The fraction of sp³-hybridized carbons (Fsp3) is 0.261. The number of aryl methyl sites for hydroxylation is 1. The lowest BCUT2D eigenvalue weighted by molar-refractivity contribution is -0.136. The molecule has 1 unspecified atom stereocenters. The first-order valence-electron chi connectivity index (χ1n) is 9.84. The molecule has 0 aromatic heterocycles. The molecule has 152 valence electrons. The van der Waals surface area contributed by atoms with Crippen LogP contribution in [0.25, 0.3) is 0 Å². The van der Waals surface area contributed by atoms with Gasteiger partial charge in [0.1, 0.15) is 11.8 Å². The molecule has 4 rings (SSSR count). The normalized spacial score (nSPS) is 18.4. The topological polar surface area (TPSA) is 101 Å². The number of nitrogens with zero attached hydrogens (tertiary/aromatic N) is 1. The molecule has 1 atom stereocenters. The van der Waals surface area contributed by atoms with E-state index in [0.29, 0.717) is 19.3 Å². The van der Waals surface area contributed by atoms with E-state index in [4.69, 9.17) is 0 Å². The van der Waals surface area contributed by atoms with Crippen molar-refractivity contribution < 1.29 is 24.0 Å². The van der Waals surface area contributed by atoms with Crippen molar-refractivity contribution in [3.63, 3.8) is 0 Å². The molecule has 2 aromatic carbocycles. The highest BCUT2D eigenvalue weighted by molar-refractivity contribution is 6.23. The highest BCUT2D eigenvalue weighted by atomic mass is 16.2. The molecule has 1 fully saturated rings. The van der Waals surface area contributed by atoms with Gasteiger partial charge in [0.2, 0.25) is 11.8 Å². The second kappa shape index (κ2) is 8.02. The van der Waals surface area contributed by atoms with E-state index in [-0.39, 0.29) is 29.8 Å². The van der Waals surface area contributed by atoms with Crippen LogP contribution in [-0.4, -0.2) is 40.4 Å². The molecule has 2 aliphatic heterocycles. The lowest BCUT2D eigenvalue weighted by atomic mass is 9.99. The van der Waals surface area contributed by atoms with Gasteiger partial charge in [-0.05, 0) is 36.1 Å². The van der Waals surface area contributed by atoms with Crippen LogP contribution in [0.4, 0.5) is 0 Å². The molecule has 2 aliphatic rings. The first-order chi connectivity index (χ1) is 14.4. The lowest BCUT2D eigenvalue weighted by Gasteiger charge is -2.27. The maximum Gasteiger partial charge on any atom is 0.262 e. The Bertz CT molecular complexity index is 1060. The van der Waals surface area contributed by atoms with Gasteiger partial charge in [0.15, 0.2) is 0 Å². The van der Waals surface area contributed by atoms with Crippen molar-refractivity contribution in [2.24, 2.45) is 0 Å². The number of rotatable bonds is 6.